The molecule has 0 amide bonds. The van der Waals surface area contributed by atoms with Crippen LogP contribution in [-0.2, 0) is 16.6 Å². The number of fused-ring (bicyclic) bond motifs is 1. The highest BCUT2D eigenvalue weighted by molar-refractivity contribution is 7.92. The van der Waals surface area contributed by atoms with Crippen molar-refractivity contribution in [3.63, 3.8) is 0 Å². The number of sulfonamides is 1. The van der Waals surface area contributed by atoms with Crippen molar-refractivity contribution in [2.75, 3.05) is 31.9 Å². The van der Waals surface area contributed by atoms with Gasteiger partial charge in [-0.15, -0.1) is 0 Å². The van der Waals surface area contributed by atoms with Crippen LogP contribution in [0, 0.1) is 5.82 Å². The lowest BCUT2D eigenvalue weighted by Gasteiger charge is -2.33. The van der Waals surface area contributed by atoms with Crippen molar-refractivity contribution in [2.24, 2.45) is 0 Å². The molecule has 0 unspecified atom stereocenters. The van der Waals surface area contributed by atoms with Crippen LogP contribution in [0.15, 0.2) is 79.1 Å². The average molecular weight is 572 g/mol. The van der Waals surface area contributed by atoms with Gasteiger partial charge in [0.1, 0.15) is 22.8 Å². The zero-order chi connectivity index (χ0) is 28.6. The molecule has 4 aromatic heterocycles. The number of hydrogen-bond donors (Lipinski definition) is 1. The maximum absolute atomic E-state index is 13.5. The molecular weight excluding hydrogens is 545 g/mol. The van der Waals surface area contributed by atoms with Crippen molar-refractivity contribution in [3.8, 4) is 28.6 Å². The van der Waals surface area contributed by atoms with Gasteiger partial charge in [-0.25, -0.2) is 37.7 Å². The Balaban J connectivity index is 1.34. The second-order valence-corrected chi connectivity index (χ2v) is 11.4. The summed E-state index contributed by atoms with van der Waals surface area (Å²) < 4.78 is 40.9. The normalized spacial score (nSPS) is 14.9. The Morgan fingerprint density at radius 1 is 0.951 bits per heavy atom. The summed E-state index contributed by atoms with van der Waals surface area (Å²) in [6.45, 7) is 6.19. The van der Waals surface area contributed by atoms with E-state index in [2.05, 4.69) is 26.4 Å². The summed E-state index contributed by atoms with van der Waals surface area (Å²) in [7, 11) is -3.40. The van der Waals surface area contributed by atoms with E-state index in [0.717, 1.165) is 22.9 Å². The Bertz CT molecular complexity index is 1830. The predicted octanol–water partition coefficient (Wildman–Crippen LogP) is 3.25. The number of anilines is 1. The average Bonchev–Trinajstić information content (AvgIpc) is 3.37. The molecule has 5 heterocycles. The summed E-state index contributed by atoms with van der Waals surface area (Å²) in [5.74, 6) is 0.764. The number of halogens is 1. The zero-order valence-corrected chi connectivity index (χ0v) is 22.7. The van der Waals surface area contributed by atoms with Crippen LogP contribution in [0.3, 0.4) is 0 Å². The first-order chi connectivity index (χ1) is 19.8. The molecule has 0 aliphatic carbocycles. The van der Waals surface area contributed by atoms with Crippen molar-refractivity contribution in [2.45, 2.75) is 6.54 Å². The first kappa shape index (κ1) is 26.6. The van der Waals surface area contributed by atoms with Gasteiger partial charge < -0.3 is 5.73 Å². The van der Waals surface area contributed by atoms with E-state index in [4.69, 9.17) is 15.7 Å². The second-order valence-electron chi connectivity index (χ2n) is 9.52. The summed E-state index contributed by atoms with van der Waals surface area (Å²) in [4.78, 5) is 24.5. The fourth-order valence-electron chi connectivity index (χ4n) is 4.79. The molecule has 0 spiro atoms. The van der Waals surface area contributed by atoms with Gasteiger partial charge in [-0.3, -0.25) is 9.47 Å². The third kappa shape index (κ3) is 5.29. The number of hydrogen-bond acceptors (Lipinski definition) is 9. The van der Waals surface area contributed by atoms with E-state index in [1.807, 2.05) is 34.9 Å². The molecule has 41 heavy (non-hydrogen) atoms. The summed E-state index contributed by atoms with van der Waals surface area (Å²) in [6, 6.07) is 14.5. The number of nitrogen functional groups attached to an aromatic ring is 1. The maximum atomic E-state index is 13.5. The van der Waals surface area contributed by atoms with E-state index in [0.29, 0.717) is 72.6 Å². The lowest BCUT2D eigenvalue weighted by atomic mass is 10.1. The summed E-state index contributed by atoms with van der Waals surface area (Å²) in [6.07, 6.45) is 4.35. The SMILES string of the molecule is C=CS(=O)(=O)N1CCN(Cc2ccc(-n3c(-c4cccnc4N)nc4cnc(-c5ccc(F)cn5)nc43)cc2)CC1. The minimum absolute atomic E-state index is 0.326. The standard InChI is InChI=1S/C28H26FN9O2S/c1-2-41(39,40)37-14-12-36(13-15-37)18-19-5-8-21(9-6-19)38-27(22-4-3-11-31-25(22)30)34-24-17-33-26(35-28(24)38)23-10-7-20(29)16-32-23/h2-11,16-17H,1,12-15,18H2,(H2,30,31). The monoisotopic (exact) mass is 571 g/mol. The van der Waals surface area contributed by atoms with Crippen molar-refractivity contribution in [1.82, 2.24) is 38.7 Å². The van der Waals surface area contributed by atoms with Crippen molar-refractivity contribution in [1.29, 1.82) is 0 Å². The van der Waals surface area contributed by atoms with E-state index >= 15 is 0 Å². The second kappa shape index (κ2) is 10.8. The van der Waals surface area contributed by atoms with Gasteiger partial charge in [0.25, 0.3) is 0 Å². The molecule has 6 rings (SSSR count). The van der Waals surface area contributed by atoms with Gasteiger partial charge in [-0.2, -0.15) is 4.31 Å². The van der Waals surface area contributed by atoms with Gasteiger partial charge in [0.15, 0.2) is 17.3 Å². The lowest BCUT2D eigenvalue weighted by molar-refractivity contribution is 0.182. The first-order valence-electron chi connectivity index (χ1n) is 12.8. The van der Waals surface area contributed by atoms with Crippen molar-refractivity contribution >= 4 is 27.0 Å². The van der Waals surface area contributed by atoms with Gasteiger partial charge in [0, 0.05) is 50.0 Å². The smallest absolute Gasteiger partial charge is 0.235 e. The Morgan fingerprint density at radius 3 is 2.41 bits per heavy atom. The van der Waals surface area contributed by atoms with Crippen LogP contribution in [0.1, 0.15) is 5.56 Å². The molecule has 11 nitrogen and oxygen atoms in total. The molecule has 5 aromatic rings. The summed E-state index contributed by atoms with van der Waals surface area (Å²) >= 11 is 0. The molecule has 0 bridgehead atoms. The van der Waals surface area contributed by atoms with Crippen LogP contribution in [0.2, 0.25) is 0 Å². The van der Waals surface area contributed by atoms with E-state index in [1.165, 1.54) is 16.4 Å². The summed E-state index contributed by atoms with van der Waals surface area (Å²) in [5.41, 5.74) is 10.3. The number of pyridine rings is 2. The molecule has 2 N–H and O–H groups in total. The minimum Gasteiger partial charge on any atom is -0.383 e. The number of nitrogens with zero attached hydrogens (tertiary/aromatic N) is 8. The van der Waals surface area contributed by atoms with Gasteiger partial charge in [-0.05, 0) is 42.0 Å². The fraction of sp³-hybridized carbons (Fsp3) is 0.179. The highest BCUT2D eigenvalue weighted by Crippen LogP contribution is 2.31. The minimum atomic E-state index is -3.40. The van der Waals surface area contributed by atoms with Crippen LogP contribution in [0.25, 0.3) is 39.8 Å². The Morgan fingerprint density at radius 2 is 1.73 bits per heavy atom. The maximum Gasteiger partial charge on any atom is 0.235 e. The number of nitrogens with two attached hydrogens (primary N) is 1. The van der Waals surface area contributed by atoms with Crippen LogP contribution in [0.5, 0.6) is 0 Å². The highest BCUT2D eigenvalue weighted by Gasteiger charge is 2.25. The molecule has 1 aliphatic heterocycles. The van der Waals surface area contributed by atoms with E-state index < -0.39 is 15.8 Å². The van der Waals surface area contributed by atoms with E-state index in [9.17, 15) is 12.8 Å². The van der Waals surface area contributed by atoms with Crippen LogP contribution < -0.4 is 5.73 Å². The van der Waals surface area contributed by atoms with E-state index in [1.54, 1.807) is 18.5 Å². The summed E-state index contributed by atoms with van der Waals surface area (Å²) in [5, 5.41) is 0.999. The van der Waals surface area contributed by atoms with Gasteiger partial charge in [0.2, 0.25) is 10.0 Å². The molecule has 1 fully saturated rings. The topological polar surface area (TPSA) is 136 Å². The third-order valence-electron chi connectivity index (χ3n) is 6.94. The first-order valence-corrected chi connectivity index (χ1v) is 14.4. The van der Waals surface area contributed by atoms with Gasteiger partial charge in [0.05, 0.1) is 18.0 Å². The predicted molar refractivity (Wildman–Crippen MR) is 153 cm³/mol. The lowest BCUT2D eigenvalue weighted by Crippen LogP contribution is -2.47. The quantitative estimate of drug-likeness (QED) is 0.312. The molecule has 1 saturated heterocycles. The fourth-order valence-corrected chi connectivity index (χ4v) is 5.68. The van der Waals surface area contributed by atoms with Crippen molar-refractivity contribution in [3.05, 3.63) is 90.5 Å². The Kier molecular flexibility index (Phi) is 6.99. The molecule has 1 aromatic carbocycles. The molecule has 208 valence electrons. The van der Waals surface area contributed by atoms with Crippen LogP contribution in [-0.4, -0.2) is 73.3 Å². The van der Waals surface area contributed by atoms with E-state index in [-0.39, 0.29) is 0 Å². The third-order valence-corrected chi connectivity index (χ3v) is 8.44. The highest BCUT2D eigenvalue weighted by atomic mass is 32.2. The largest absolute Gasteiger partial charge is 0.383 e. The molecule has 1 aliphatic rings. The number of imidazole rings is 1. The molecule has 0 radical (unpaired) electrons. The molecule has 0 saturated carbocycles. The number of rotatable bonds is 7. The van der Waals surface area contributed by atoms with Crippen LogP contribution >= 0.6 is 0 Å². The number of aromatic nitrogens is 6. The van der Waals surface area contributed by atoms with Gasteiger partial charge in [-0.1, -0.05) is 18.7 Å². The number of benzene rings is 1. The van der Waals surface area contributed by atoms with Gasteiger partial charge >= 0.3 is 0 Å². The van der Waals surface area contributed by atoms with Crippen LogP contribution in [0.4, 0.5) is 10.2 Å². The Labute approximate surface area is 235 Å². The zero-order valence-electron chi connectivity index (χ0n) is 21.9. The Hall–Kier alpha value is -4.59. The number of piperazine rings is 1. The van der Waals surface area contributed by atoms with Crippen molar-refractivity contribution < 1.29 is 12.8 Å². The molecule has 13 heteroatoms. The molecule has 0 atom stereocenters. The molecular formula is C28H26FN9O2S.